The van der Waals surface area contributed by atoms with Gasteiger partial charge in [-0.1, -0.05) is 250 Å². The van der Waals surface area contributed by atoms with Gasteiger partial charge in [-0.25, -0.2) is 9.97 Å². The minimum absolute atomic E-state index is 0. The summed E-state index contributed by atoms with van der Waals surface area (Å²) < 4.78 is 7.06. The molecule has 2 aliphatic heterocycles. The first-order valence-electron chi connectivity index (χ1n) is 32.0. The normalized spacial score (nSPS) is 12.9. The third-order valence-corrected chi connectivity index (χ3v) is 19.6. The summed E-state index contributed by atoms with van der Waals surface area (Å²) in [6, 6.07) is 112. The van der Waals surface area contributed by atoms with Crippen LogP contribution < -0.4 is 0 Å². The Hall–Kier alpha value is -12.2. The molecule has 9 heteroatoms. The molecule has 6 aromatic heterocycles. The molecule has 20 rings (SSSR count). The van der Waals surface area contributed by atoms with Crippen molar-refractivity contribution >= 4 is 77.3 Å². The number of aromatic nitrogens is 8. The van der Waals surface area contributed by atoms with Crippen LogP contribution >= 0.6 is 11.6 Å². The number of para-hydroxylation sites is 6. The van der Waals surface area contributed by atoms with Crippen LogP contribution in [0, 0.1) is 0 Å². The van der Waals surface area contributed by atoms with Gasteiger partial charge in [-0.2, -0.15) is 0 Å². The zero-order chi connectivity index (χ0) is 63.0. The third-order valence-electron chi connectivity index (χ3n) is 19.3. The number of aromatic amines is 1. The number of rotatable bonds is 7. The van der Waals surface area contributed by atoms with E-state index >= 15 is 0 Å². The van der Waals surface area contributed by atoms with Crippen molar-refractivity contribution in [3.05, 3.63) is 390 Å². The monoisotopic (exact) mass is 1250 g/mol. The van der Waals surface area contributed by atoms with Gasteiger partial charge in [0.05, 0.1) is 55.3 Å². The molecule has 456 valence electrons. The Morgan fingerprint density at radius 2 is 0.688 bits per heavy atom. The van der Waals surface area contributed by atoms with E-state index in [2.05, 4.69) is 326 Å². The molecule has 0 saturated carbocycles. The van der Waals surface area contributed by atoms with Gasteiger partial charge in [0.15, 0.2) is 0 Å². The van der Waals surface area contributed by atoms with Crippen LogP contribution in [0.3, 0.4) is 0 Å². The van der Waals surface area contributed by atoms with E-state index in [9.17, 15) is 0 Å². The number of hydrogen-bond donors (Lipinski definition) is 1. The molecule has 0 radical (unpaired) electrons. The molecule has 0 unspecified atom stereocenters. The minimum Gasteiger partial charge on any atom is -0.355 e. The lowest BCUT2D eigenvalue weighted by molar-refractivity contribution is 0.725. The maximum absolute atomic E-state index is 6.65. The third kappa shape index (κ3) is 8.83. The highest BCUT2D eigenvalue weighted by Crippen LogP contribution is 2.56. The van der Waals surface area contributed by atoms with Crippen molar-refractivity contribution in [3.8, 4) is 39.8 Å². The van der Waals surface area contributed by atoms with Gasteiger partial charge in [-0.15, -0.1) is 0 Å². The summed E-state index contributed by atoms with van der Waals surface area (Å²) in [6.07, 6.45) is 7.31. The first kappa shape index (κ1) is 57.7. The van der Waals surface area contributed by atoms with E-state index in [1.165, 1.54) is 88.1 Å². The SMILES string of the molecule is C.Clc1ccc2c(c1)-n1c(-c3ccncc3)nc3cccc(c31)C2(c1ccccc1)c1ccccc1.c1ccc(C2(c3ccccc3)c3ccc(-n4c5ccccc5c5ccccc54)cc3-n3c(-c4ccncc4)nc4cccc2c43)cc1.c1ccc2c(c1)[nH]c1ccccc12. The molecular formula is C87H61ClN8. The molecule has 0 amide bonds. The van der Waals surface area contributed by atoms with Gasteiger partial charge in [-0.3, -0.25) is 19.1 Å². The Labute approximate surface area is 560 Å². The Bertz CT molecular complexity index is 5740. The van der Waals surface area contributed by atoms with E-state index in [0.717, 1.165) is 61.9 Å². The molecule has 8 nitrogen and oxygen atoms in total. The number of pyridine rings is 2. The summed E-state index contributed by atoms with van der Waals surface area (Å²) in [6.45, 7) is 0. The number of imidazole rings is 2. The molecule has 18 aromatic rings. The molecule has 2 aliphatic rings. The Morgan fingerprint density at radius 1 is 0.312 bits per heavy atom. The maximum atomic E-state index is 6.65. The quantitative estimate of drug-likeness (QED) is 0.172. The fraction of sp³-hybridized carbons (Fsp3) is 0.0345. The van der Waals surface area contributed by atoms with E-state index in [1.54, 1.807) is 0 Å². The fourth-order valence-corrected chi connectivity index (χ4v) is 15.7. The van der Waals surface area contributed by atoms with Crippen molar-refractivity contribution in [1.82, 2.24) is 38.6 Å². The van der Waals surface area contributed by atoms with Gasteiger partial charge in [0, 0.05) is 79.2 Å². The first-order valence-corrected chi connectivity index (χ1v) is 32.4. The van der Waals surface area contributed by atoms with Crippen molar-refractivity contribution < 1.29 is 0 Å². The second kappa shape index (κ2) is 23.4. The molecule has 0 bridgehead atoms. The summed E-state index contributed by atoms with van der Waals surface area (Å²) in [5, 5.41) is 5.80. The number of fused-ring (bicyclic) bond motifs is 10. The molecule has 1 N–H and O–H groups in total. The van der Waals surface area contributed by atoms with Gasteiger partial charge < -0.3 is 9.55 Å². The van der Waals surface area contributed by atoms with Crippen LogP contribution in [-0.2, 0) is 10.8 Å². The number of nitrogens with zero attached hydrogens (tertiary/aromatic N) is 7. The zero-order valence-corrected chi connectivity index (χ0v) is 52.1. The van der Waals surface area contributed by atoms with Gasteiger partial charge in [-0.05, 0) is 129 Å². The summed E-state index contributed by atoms with van der Waals surface area (Å²) >= 11 is 6.65. The highest BCUT2D eigenvalue weighted by molar-refractivity contribution is 6.30. The van der Waals surface area contributed by atoms with Crippen molar-refractivity contribution in [1.29, 1.82) is 0 Å². The second-order valence-corrected chi connectivity index (χ2v) is 24.7. The minimum atomic E-state index is -0.567. The molecule has 12 aromatic carbocycles. The molecule has 0 aliphatic carbocycles. The van der Waals surface area contributed by atoms with Crippen molar-refractivity contribution in [3.63, 3.8) is 0 Å². The number of hydrogen-bond acceptors (Lipinski definition) is 4. The predicted octanol–water partition coefficient (Wildman–Crippen LogP) is 21.3. The maximum Gasteiger partial charge on any atom is 0.145 e. The van der Waals surface area contributed by atoms with E-state index in [-0.39, 0.29) is 7.43 Å². The standard InChI is InChI=1S/C43H28N4.C31H20ClN3.C12H9N.CH4/c1-3-12-30(13-4-1)43(31-14-5-2-6-15-31)35-23-22-32(46-38-20-9-7-16-33(38)34-17-8-10-21-39(34)46)28-40(35)47-41-36(43)18-11-19-37(41)45-42(47)29-24-26-44-27-25-29;32-24-14-15-25-28(20-24)35-29-26(12-7-13-27(29)34-30(35)21-16-18-33-19-17-21)31(25,22-8-3-1-4-9-22)23-10-5-2-6-11-23;1-3-7-11-9(5-1)10-6-2-4-8-12(10)13-11;/h1-28H;1-20H;1-8,13H;1H4. The molecule has 8 heterocycles. The van der Waals surface area contributed by atoms with E-state index < -0.39 is 10.8 Å². The molecule has 0 spiro atoms. The average molecular weight is 1250 g/mol. The number of benzene rings is 12. The average Bonchev–Trinajstić information content (AvgIpc) is 1.27. The largest absolute Gasteiger partial charge is 0.355 e. The van der Waals surface area contributed by atoms with Crippen LogP contribution in [-0.4, -0.2) is 38.6 Å². The fourth-order valence-electron chi connectivity index (χ4n) is 15.5. The van der Waals surface area contributed by atoms with E-state index in [1.807, 2.05) is 43.0 Å². The summed E-state index contributed by atoms with van der Waals surface area (Å²) in [7, 11) is 0. The van der Waals surface area contributed by atoms with Gasteiger partial charge in [0.1, 0.15) is 11.6 Å². The molecule has 0 saturated heterocycles. The van der Waals surface area contributed by atoms with Crippen molar-refractivity contribution in [2.45, 2.75) is 18.3 Å². The summed E-state index contributed by atoms with van der Waals surface area (Å²) in [5.41, 5.74) is 22.8. The Morgan fingerprint density at radius 3 is 1.12 bits per heavy atom. The van der Waals surface area contributed by atoms with E-state index in [4.69, 9.17) is 21.6 Å². The topological polar surface area (TPSA) is 82.1 Å². The van der Waals surface area contributed by atoms with Crippen LogP contribution in [0.2, 0.25) is 5.02 Å². The van der Waals surface area contributed by atoms with Crippen LogP contribution in [0.4, 0.5) is 0 Å². The lowest BCUT2D eigenvalue weighted by Gasteiger charge is -2.41. The van der Waals surface area contributed by atoms with E-state index in [0.29, 0.717) is 5.02 Å². The lowest BCUT2D eigenvalue weighted by atomic mass is 9.63. The van der Waals surface area contributed by atoms with Crippen LogP contribution in [0.1, 0.15) is 51.9 Å². The first-order chi connectivity index (χ1) is 47.1. The Balaban J connectivity index is 0.000000124. The van der Waals surface area contributed by atoms with Crippen LogP contribution in [0.25, 0.3) is 106 Å². The molecule has 96 heavy (non-hydrogen) atoms. The van der Waals surface area contributed by atoms with Crippen LogP contribution in [0.5, 0.6) is 0 Å². The summed E-state index contributed by atoms with van der Waals surface area (Å²) in [5.74, 6) is 1.79. The van der Waals surface area contributed by atoms with Gasteiger partial charge in [0.25, 0.3) is 0 Å². The number of halogens is 1. The highest BCUT2D eigenvalue weighted by Gasteiger charge is 2.47. The number of H-pyrrole nitrogens is 1. The molecule has 0 fully saturated rings. The molecular weight excluding hydrogens is 1190 g/mol. The van der Waals surface area contributed by atoms with Crippen molar-refractivity contribution in [2.24, 2.45) is 0 Å². The second-order valence-electron chi connectivity index (χ2n) is 24.3. The highest BCUT2D eigenvalue weighted by atomic mass is 35.5. The van der Waals surface area contributed by atoms with Gasteiger partial charge in [0.2, 0.25) is 0 Å². The smallest absolute Gasteiger partial charge is 0.145 e. The van der Waals surface area contributed by atoms with Crippen LogP contribution in [0.15, 0.2) is 340 Å². The van der Waals surface area contributed by atoms with Gasteiger partial charge >= 0.3 is 0 Å². The zero-order valence-electron chi connectivity index (χ0n) is 51.3. The predicted molar refractivity (Wildman–Crippen MR) is 394 cm³/mol. The lowest BCUT2D eigenvalue weighted by Crippen LogP contribution is -2.35. The summed E-state index contributed by atoms with van der Waals surface area (Å²) in [4.78, 5) is 22.4. The molecule has 0 atom stereocenters. The Kier molecular flexibility index (Phi) is 14.1. The van der Waals surface area contributed by atoms with Crippen molar-refractivity contribution in [2.75, 3.05) is 0 Å². The number of nitrogens with one attached hydrogen (secondary N) is 1.